The quantitative estimate of drug-likeness (QED) is 0.406. The fourth-order valence-electron chi connectivity index (χ4n) is 4.08. The van der Waals surface area contributed by atoms with Gasteiger partial charge in [0.2, 0.25) is 0 Å². The molecule has 114 valence electrons. The number of rotatable bonds is 7. The molecule has 1 fully saturated rings. The second-order valence-electron chi connectivity index (χ2n) is 6.59. The summed E-state index contributed by atoms with van der Waals surface area (Å²) in [6, 6.07) is 0. The van der Waals surface area contributed by atoms with Crippen molar-refractivity contribution in [2.75, 3.05) is 0 Å². The van der Waals surface area contributed by atoms with E-state index in [-0.39, 0.29) is 23.6 Å². The van der Waals surface area contributed by atoms with Crippen molar-refractivity contribution < 1.29 is 14.3 Å². The summed E-state index contributed by atoms with van der Waals surface area (Å²) in [5, 5.41) is 0. The number of allylic oxidation sites excluding steroid dienone is 4. The number of ether oxygens (including phenoxy) is 1. The molecule has 3 rings (SSSR count). The molecule has 3 heteroatoms. The molecule has 0 aromatic carbocycles. The lowest BCUT2D eigenvalue weighted by atomic mass is 9.84. The number of carbonyl (C=O) groups excluding carboxylic acids is 2. The summed E-state index contributed by atoms with van der Waals surface area (Å²) in [5.74, 6) is 1.58. The summed E-state index contributed by atoms with van der Waals surface area (Å²) >= 11 is 0. The Labute approximate surface area is 126 Å². The molecule has 3 aliphatic rings. The van der Waals surface area contributed by atoms with Gasteiger partial charge in [0, 0.05) is 24.3 Å². The Morgan fingerprint density at radius 2 is 1.86 bits per heavy atom. The van der Waals surface area contributed by atoms with E-state index >= 15 is 0 Å². The second-order valence-corrected chi connectivity index (χ2v) is 6.59. The lowest BCUT2D eigenvalue weighted by Crippen LogP contribution is -2.22. The zero-order valence-corrected chi connectivity index (χ0v) is 12.7. The number of ketones is 1. The minimum Gasteiger partial charge on any atom is -0.431 e. The van der Waals surface area contributed by atoms with Gasteiger partial charge in [0.25, 0.3) is 0 Å². The smallest absolute Gasteiger partial charge is 0.310 e. The molecule has 3 nitrogen and oxygen atoms in total. The molecule has 0 unspecified atom stereocenters. The molecular formula is C18H24O3. The van der Waals surface area contributed by atoms with Crippen LogP contribution in [0, 0.1) is 23.7 Å². The van der Waals surface area contributed by atoms with Gasteiger partial charge in [0.15, 0.2) is 5.78 Å². The molecule has 2 bridgehead atoms. The van der Waals surface area contributed by atoms with E-state index in [1.54, 1.807) is 6.08 Å². The first kappa shape index (κ1) is 14.6. The van der Waals surface area contributed by atoms with Gasteiger partial charge in [-0.1, -0.05) is 44.8 Å². The fraction of sp³-hybridized carbons (Fsp3) is 0.667. The van der Waals surface area contributed by atoms with Crippen LogP contribution in [0.15, 0.2) is 24.0 Å². The Morgan fingerprint density at radius 1 is 1.14 bits per heavy atom. The van der Waals surface area contributed by atoms with Crippen LogP contribution in [0.5, 0.6) is 0 Å². The molecule has 21 heavy (non-hydrogen) atoms. The van der Waals surface area contributed by atoms with Crippen LogP contribution in [0.2, 0.25) is 0 Å². The van der Waals surface area contributed by atoms with Crippen molar-refractivity contribution in [2.45, 2.75) is 51.9 Å². The maximum atomic E-state index is 12.1. The number of unbranched alkanes of at least 4 members (excludes halogenated alkanes) is 4. The molecule has 0 N–H and O–H groups in total. The normalized spacial score (nSPS) is 32.4. The van der Waals surface area contributed by atoms with E-state index < -0.39 is 0 Å². The topological polar surface area (TPSA) is 43.4 Å². The Hall–Kier alpha value is -1.38. The van der Waals surface area contributed by atoms with Gasteiger partial charge in [-0.3, -0.25) is 9.59 Å². The van der Waals surface area contributed by atoms with Crippen LogP contribution in [0.4, 0.5) is 0 Å². The molecule has 0 aliphatic heterocycles. The molecule has 0 amide bonds. The Morgan fingerprint density at radius 3 is 2.62 bits per heavy atom. The van der Waals surface area contributed by atoms with Crippen molar-refractivity contribution in [3.63, 3.8) is 0 Å². The first-order valence-corrected chi connectivity index (χ1v) is 8.35. The van der Waals surface area contributed by atoms with Gasteiger partial charge in [0.1, 0.15) is 5.76 Å². The van der Waals surface area contributed by atoms with Crippen LogP contribution < -0.4 is 0 Å². The van der Waals surface area contributed by atoms with Gasteiger partial charge < -0.3 is 4.74 Å². The van der Waals surface area contributed by atoms with Crippen molar-refractivity contribution in [3.8, 4) is 0 Å². The highest BCUT2D eigenvalue weighted by Crippen LogP contribution is 2.54. The van der Waals surface area contributed by atoms with Crippen LogP contribution in [-0.4, -0.2) is 11.8 Å². The minimum absolute atomic E-state index is 0.0485. The molecule has 4 atom stereocenters. The molecule has 3 aliphatic carbocycles. The average Bonchev–Trinajstić information content (AvgIpc) is 3.13. The maximum Gasteiger partial charge on any atom is 0.310 e. The van der Waals surface area contributed by atoms with E-state index in [1.165, 1.54) is 19.3 Å². The van der Waals surface area contributed by atoms with Crippen molar-refractivity contribution in [1.29, 1.82) is 0 Å². The number of hydrogen-bond acceptors (Lipinski definition) is 3. The summed E-state index contributed by atoms with van der Waals surface area (Å²) < 4.78 is 5.52. The van der Waals surface area contributed by atoms with Gasteiger partial charge in [-0.15, -0.1) is 0 Å². The van der Waals surface area contributed by atoms with Gasteiger partial charge in [-0.25, -0.2) is 0 Å². The highest BCUT2D eigenvalue weighted by atomic mass is 16.5. The predicted octanol–water partition coefficient (Wildman–Crippen LogP) is 3.80. The molecule has 0 spiro atoms. The van der Waals surface area contributed by atoms with E-state index in [9.17, 15) is 9.59 Å². The highest BCUT2D eigenvalue weighted by Gasteiger charge is 2.53. The lowest BCUT2D eigenvalue weighted by molar-refractivity contribution is -0.140. The lowest BCUT2D eigenvalue weighted by Gasteiger charge is -2.21. The summed E-state index contributed by atoms with van der Waals surface area (Å²) in [7, 11) is 0. The van der Waals surface area contributed by atoms with E-state index in [0.717, 1.165) is 19.3 Å². The number of carbonyl (C=O) groups is 2. The van der Waals surface area contributed by atoms with Gasteiger partial charge in [-0.05, 0) is 24.7 Å². The van der Waals surface area contributed by atoms with E-state index in [2.05, 4.69) is 19.1 Å². The van der Waals surface area contributed by atoms with Crippen LogP contribution in [0.1, 0.15) is 51.9 Å². The van der Waals surface area contributed by atoms with Crippen molar-refractivity contribution in [2.24, 2.45) is 23.7 Å². The minimum atomic E-state index is -0.169. The van der Waals surface area contributed by atoms with E-state index in [1.807, 2.05) is 0 Å². The van der Waals surface area contributed by atoms with Crippen LogP contribution in [0.3, 0.4) is 0 Å². The molecular weight excluding hydrogens is 264 g/mol. The average molecular weight is 288 g/mol. The Kier molecular flexibility index (Phi) is 4.27. The number of hydrogen-bond donors (Lipinski definition) is 0. The van der Waals surface area contributed by atoms with Crippen LogP contribution in [0.25, 0.3) is 0 Å². The molecule has 1 saturated carbocycles. The first-order chi connectivity index (χ1) is 10.2. The second kappa shape index (κ2) is 6.17. The van der Waals surface area contributed by atoms with Crippen molar-refractivity contribution in [3.05, 3.63) is 24.0 Å². The third kappa shape index (κ3) is 2.83. The monoisotopic (exact) mass is 288 g/mol. The summed E-state index contributed by atoms with van der Waals surface area (Å²) in [6.07, 6.45) is 13.0. The summed E-state index contributed by atoms with van der Waals surface area (Å²) in [6.45, 7) is 2.18. The van der Waals surface area contributed by atoms with E-state index in [0.29, 0.717) is 24.0 Å². The van der Waals surface area contributed by atoms with Crippen molar-refractivity contribution in [1.82, 2.24) is 0 Å². The largest absolute Gasteiger partial charge is 0.431 e. The zero-order valence-electron chi connectivity index (χ0n) is 12.7. The Bertz CT molecular complexity index is 489. The maximum absolute atomic E-state index is 12.1. The highest BCUT2D eigenvalue weighted by molar-refractivity contribution is 5.97. The fourth-order valence-corrected chi connectivity index (χ4v) is 4.08. The summed E-state index contributed by atoms with van der Waals surface area (Å²) in [4.78, 5) is 24.0. The molecule has 0 aromatic rings. The van der Waals surface area contributed by atoms with Gasteiger partial charge in [-0.2, -0.15) is 0 Å². The molecule has 0 aromatic heterocycles. The number of esters is 1. The molecule has 0 saturated heterocycles. The van der Waals surface area contributed by atoms with Crippen molar-refractivity contribution >= 4 is 11.8 Å². The van der Waals surface area contributed by atoms with E-state index in [4.69, 9.17) is 4.74 Å². The summed E-state index contributed by atoms with van der Waals surface area (Å²) in [5.41, 5.74) is 0. The zero-order chi connectivity index (χ0) is 14.8. The molecule has 0 heterocycles. The van der Waals surface area contributed by atoms with Crippen LogP contribution >= 0.6 is 0 Å². The number of fused-ring (bicyclic) bond motifs is 5. The first-order valence-electron chi connectivity index (χ1n) is 8.35. The molecule has 0 radical (unpaired) electrons. The van der Waals surface area contributed by atoms with Gasteiger partial charge >= 0.3 is 5.97 Å². The predicted molar refractivity (Wildman–Crippen MR) is 80.3 cm³/mol. The Balaban J connectivity index is 1.49. The standard InChI is InChI=1S/C18H24O3/c1-2-3-4-5-6-7-16(20)21-15-11-14(19)17-12-8-9-13(10-12)18(15)17/h8-9,11-13,17-18H,2-7,10H2,1H3/t12-,13+,17+,18-/m1/s1. The SMILES string of the molecule is CCCCCCCC(=O)OC1=CC(=O)[C@H]2[C@@H]1[C@H]1C=C[C@@H]2C1. The van der Waals surface area contributed by atoms with Crippen LogP contribution in [-0.2, 0) is 14.3 Å². The van der Waals surface area contributed by atoms with Gasteiger partial charge in [0.05, 0.1) is 0 Å². The third-order valence-electron chi connectivity index (χ3n) is 5.12. The third-order valence-corrected chi connectivity index (χ3v) is 5.12.